The second-order valence-electron chi connectivity index (χ2n) is 4.67. The van der Waals surface area contributed by atoms with Crippen LogP contribution in [-0.4, -0.2) is 24.7 Å². The van der Waals surface area contributed by atoms with E-state index in [0.29, 0.717) is 25.6 Å². The van der Waals surface area contributed by atoms with Crippen LogP contribution >= 0.6 is 0 Å². The molecule has 22 heavy (non-hydrogen) atoms. The van der Waals surface area contributed by atoms with Crippen molar-refractivity contribution >= 4 is 5.82 Å². The maximum Gasteiger partial charge on any atom is 0.214 e. The average molecular weight is 304 g/mol. The van der Waals surface area contributed by atoms with Crippen LogP contribution in [0.1, 0.15) is 19.4 Å². The molecule has 1 aromatic heterocycles. The summed E-state index contributed by atoms with van der Waals surface area (Å²) < 4.78 is 24.1. The number of aromatic nitrogens is 1. The summed E-state index contributed by atoms with van der Waals surface area (Å²) >= 11 is 0. The average Bonchev–Trinajstić information content (AvgIpc) is 2.50. The van der Waals surface area contributed by atoms with Crippen LogP contribution in [0.3, 0.4) is 0 Å². The molecule has 2 rings (SSSR count). The van der Waals surface area contributed by atoms with Gasteiger partial charge in [-0.15, -0.1) is 0 Å². The Morgan fingerprint density at radius 3 is 2.55 bits per heavy atom. The first-order chi connectivity index (χ1) is 10.7. The third-order valence-electron chi connectivity index (χ3n) is 3.04. The van der Waals surface area contributed by atoms with Crippen molar-refractivity contribution in [3.63, 3.8) is 0 Å². The van der Waals surface area contributed by atoms with Crippen molar-refractivity contribution in [1.82, 2.24) is 4.98 Å². The number of benzene rings is 1. The van der Waals surface area contributed by atoms with Crippen molar-refractivity contribution in [3.8, 4) is 11.5 Å². The molecule has 0 saturated heterocycles. The molecule has 1 aromatic carbocycles. The van der Waals surface area contributed by atoms with Gasteiger partial charge in [-0.25, -0.2) is 4.98 Å². The zero-order chi connectivity index (χ0) is 15.8. The largest absolute Gasteiger partial charge is 0.490 e. The maximum atomic E-state index is 13.0. The highest BCUT2D eigenvalue weighted by Crippen LogP contribution is 2.28. The zero-order valence-electron chi connectivity index (χ0n) is 12.9. The van der Waals surface area contributed by atoms with Gasteiger partial charge in [0.2, 0.25) is 5.95 Å². The molecule has 0 radical (unpaired) electrons. The molecule has 0 spiro atoms. The molecule has 0 atom stereocenters. The van der Waals surface area contributed by atoms with Gasteiger partial charge in [0.15, 0.2) is 11.5 Å². The summed E-state index contributed by atoms with van der Waals surface area (Å²) in [4.78, 5) is 3.77. The Kier molecular flexibility index (Phi) is 6.01. The number of rotatable bonds is 8. The third-order valence-corrected chi connectivity index (χ3v) is 3.04. The fraction of sp³-hybridized carbons (Fsp3) is 0.353. The summed E-state index contributed by atoms with van der Waals surface area (Å²) in [6.45, 7) is 5.75. The van der Waals surface area contributed by atoms with Crippen LogP contribution < -0.4 is 14.8 Å². The molecule has 0 fully saturated rings. The fourth-order valence-electron chi connectivity index (χ4n) is 2.09. The zero-order valence-corrected chi connectivity index (χ0v) is 12.9. The Bertz CT molecular complexity index is 605. The van der Waals surface area contributed by atoms with Gasteiger partial charge >= 0.3 is 0 Å². The predicted octanol–water partition coefficient (Wildman–Crippen LogP) is 3.67. The van der Waals surface area contributed by atoms with Gasteiger partial charge in [-0.1, -0.05) is 12.1 Å². The monoisotopic (exact) mass is 304 g/mol. The van der Waals surface area contributed by atoms with Gasteiger partial charge < -0.3 is 14.8 Å². The Balaban J connectivity index is 1.96. The summed E-state index contributed by atoms with van der Waals surface area (Å²) in [5.41, 5.74) is 1.12. The van der Waals surface area contributed by atoms with Crippen LogP contribution in [0.15, 0.2) is 36.4 Å². The van der Waals surface area contributed by atoms with Crippen molar-refractivity contribution in [2.24, 2.45) is 0 Å². The maximum absolute atomic E-state index is 13.0. The molecule has 0 amide bonds. The van der Waals surface area contributed by atoms with Crippen LogP contribution in [0.4, 0.5) is 10.2 Å². The minimum atomic E-state index is -0.482. The summed E-state index contributed by atoms with van der Waals surface area (Å²) in [6, 6.07) is 10.6. The van der Waals surface area contributed by atoms with E-state index in [1.165, 1.54) is 6.07 Å². The topological polar surface area (TPSA) is 43.4 Å². The number of halogens is 1. The van der Waals surface area contributed by atoms with Crippen molar-refractivity contribution in [2.45, 2.75) is 20.3 Å². The number of nitrogens with one attached hydrogen (secondary N) is 1. The number of hydrogen-bond acceptors (Lipinski definition) is 4. The first kappa shape index (κ1) is 16.1. The molecule has 2 aromatic rings. The van der Waals surface area contributed by atoms with Crippen molar-refractivity contribution < 1.29 is 13.9 Å². The van der Waals surface area contributed by atoms with Gasteiger partial charge in [0.05, 0.1) is 13.2 Å². The highest BCUT2D eigenvalue weighted by molar-refractivity contribution is 5.43. The molecule has 1 heterocycles. The molecule has 0 saturated carbocycles. The molecule has 118 valence electrons. The third kappa shape index (κ3) is 4.62. The minimum absolute atomic E-state index is 0.482. The minimum Gasteiger partial charge on any atom is -0.490 e. The Labute approximate surface area is 130 Å². The highest BCUT2D eigenvalue weighted by Gasteiger charge is 2.06. The quantitative estimate of drug-likeness (QED) is 0.756. The molecule has 0 aliphatic carbocycles. The lowest BCUT2D eigenvalue weighted by molar-refractivity contribution is 0.287. The summed E-state index contributed by atoms with van der Waals surface area (Å²) in [5, 5.41) is 3.10. The number of anilines is 1. The van der Waals surface area contributed by atoms with Gasteiger partial charge in [-0.2, -0.15) is 4.39 Å². The van der Waals surface area contributed by atoms with E-state index in [1.807, 2.05) is 32.0 Å². The lowest BCUT2D eigenvalue weighted by Crippen LogP contribution is -2.07. The first-order valence-corrected chi connectivity index (χ1v) is 7.48. The normalized spacial score (nSPS) is 10.3. The lowest BCUT2D eigenvalue weighted by Gasteiger charge is -2.12. The van der Waals surface area contributed by atoms with Crippen molar-refractivity contribution in [3.05, 3.63) is 47.9 Å². The van der Waals surface area contributed by atoms with Crippen LogP contribution in [0.25, 0.3) is 0 Å². The Hall–Kier alpha value is -2.30. The molecule has 0 aliphatic heterocycles. The molecule has 1 N–H and O–H groups in total. The second kappa shape index (κ2) is 8.22. The van der Waals surface area contributed by atoms with E-state index in [2.05, 4.69) is 10.3 Å². The molecular formula is C17H21FN2O2. The summed E-state index contributed by atoms with van der Waals surface area (Å²) in [7, 11) is 0. The predicted molar refractivity (Wildman–Crippen MR) is 85.2 cm³/mol. The molecule has 0 unspecified atom stereocenters. The summed E-state index contributed by atoms with van der Waals surface area (Å²) in [6.07, 6.45) is 0.782. The second-order valence-corrected chi connectivity index (χ2v) is 4.67. The van der Waals surface area contributed by atoms with Crippen LogP contribution in [0.2, 0.25) is 0 Å². The standard InChI is InChI=1S/C17H21FN2O2/c1-3-21-14-9-8-13(12-15(14)22-4-2)10-11-19-17-7-5-6-16(18)20-17/h5-9,12H,3-4,10-11H2,1-2H3,(H,19,20). The van der Waals surface area contributed by atoms with E-state index in [9.17, 15) is 4.39 Å². The number of ether oxygens (including phenoxy) is 2. The van der Waals surface area contributed by atoms with E-state index < -0.39 is 5.95 Å². The van der Waals surface area contributed by atoms with Gasteiger partial charge in [-0.3, -0.25) is 0 Å². The van der Waals surface area contributed by atoms with Gasteiger partial charge in [0, 0.05) is 6.54 Å². The smallest absolute Gasteiger partial charge is 0.214 e. The number of hydrogen-bond donors (Lipinski definition) is 1. The van der Waals surface area contributed by atoms with Gasteiger partial charge in [0.1, 0.15) is 5.82 Å². The van der Waals surface area contributed by atoms with Crippen LogP contribution in [-0.2, 0) is 6.42 Å². The van der Waals surface area contributed by atoms with Crippen molar-refractivity contribution in [2.75, 3.05) is 25.1 Å². The Morgan fingerprint density at radius 2 is 1.82 bits per heavy atom. The van der Waals surface area contributed by atoms with Crippen LogP contribution in [0.5, 0.6) is 11.5 Å². The SMILES string of the molecule is CCOc1ccc(CCNc2cccc(F)n2)cc1OCC. The van der Waals surface area contributed by atoms with Crippen LogP contribution in [0, 0.1) is 5.95 Å². The number of nitrogens with zero attached hydrogens (tertiary/aromatic N) is 1. The molecule has 4 nitrogen and oxygen atoms in total. The van der Waals surface area contributed by atoms with Gasteiger partial charge in [0.25, 0.3) is 0 Å². The van der Waals surface area contributed by atoms with Gasteiger partial charge in [-0.05, 0) is 50.1 Å². The number of pyridine rings is 1. The van der Waals surface area contributed by atoms with E-state index >= 15 is 0 Å². The van der Waals surface area contributed by atoms with E-state index in [-0.39, 0.29) is 0 Å². The molecule has 0 aliphatic rings. The van der Waals surface area contributed by atoms with E-state index in [4.69, 9.17) is 9.47 Å². The molecule has 5 heteroatoms. The fourth-order valence-corrected chi connectivity index (χ4v) is 2.09. The Morgan fingerprint density at radius 1 is 1.05 bits per heavy atom. The molecule has 0 bridgehead atoms. The van der Waals surface area contributed by atoms with E-state index in [1.54, 1.807) is 12.1 Å². The van der Waals surface area contributed by atoms with E-state index in [0.717, 1.165) is 23.5 Å². The highest BCUT2D eigenvalue weighted by atomic mass is 19.1. The summed E-state index contributed by atoms with van der Waals surface area (Å²) in [5.74, 6) is 1.57. The molecular weight excluding hydrogens is 283 g/mol. The lowest BCUT2D eigenvalue weighted by atomic mass is 10.1. The first-order valence-electron chi connectivity index (χ1n) is 7.48. The van der Waals surface area contributed by atoms with Crippen molar-refractivity contribution in [1.29, 1.82) is 0 Å².